The van der Waals surface area contributed by atoms with Crippen molar-refractivity contribution in [2.24, 2.45) is 0 Å². The number of ether oxygens (including phenoxy) is 2. The van der Waals surface area contributed by atoms with Crippen molar-refractivity contribution in [3.8, 4) is 0 Å². The predicted octanol–water partition coefficient (Wildman–Crippen LogP) is 0.997. The molecule has 0 spiro atoms. The smallest absolute Gasteiger partial charge is 0.234 e. The first-order valence-electron chi connectivity index (χ1n) is 3.82. The fourth-order valence-electron chi connectivity index (χ4n) is 0.535. The van der Waals surface area contributed by atoms with Gasteiger partial charge in [0.1, 0.15) is 0 Å². The van der Waals surface area contributed by atoms with Gasteiger partial charge in [-0.05, 0) is 13.8 Å². The summed E-state index contributed by atoms with van der Waals surface area (Å²) in [6.07, 6.45) is 0. The van der Waals surface area contributed by atoms with Gasteiger partial charge in [-0.3, -0.25) is 0 Å². The first-order valence-corrected chi connectivity index (χ1v) is 6.30. The maximum Gasteiger partial charge on any atom is 0.234 e. The van der Waals surface area contributed by atoms with Crippen LogP contribution in [-0.2, 0) is 18.5 Å². The lowest BCUT2D eigenvalue weighted by molar-refractivity contribution is -0.0474. The van der Waals surface area contributed by atoms with E-state index in [4.69, 9.17) is 20.2 Å². The molecule has 0 amide bonds. The summed E-state index contributed by atoms with van der Waals surface area (Å²) >= 11 is 0. The second-order valence-electron chi connectivity index (χ2n) is 3.26. The van der Waals surface area contributed by atoms with Crippen LogP contribution in [0.2, 0.25) is 0 Å². The summed E-state index contributed by atoms with van der Waals surface area (Å²) in [5.74, 6) is -0.172. The van der Waals surface area contributed by atoms with Crippen LogP contribution in [0, 0.1) is 0 Å². The molecule has 0 saturated heterocycles. The monoisotopic (exact) mass is 230 g/mol. The summed E-state index contributed by atoms with van der Waals surface area (Å²) < 4.78 is 31.1. The number of rotatable bonds is 6. The van der Waals surface area contributed by atoms with Crippen LogP contribution < -0.4 is 0 Å². The quantitative estimate of drug-likeness (QED) is 0.505. The van der Waals surface area contributed by atoms with Crippen LogP contribution >= 0.6 is 10.7 Å². The molecule has 13 heavy (non-hydrogen) atoms. The third-order valence-corrected chi connectivity index (χ3v) is 2.59. The zero-order chi connectivity index (χ0) is 10.5. The van der Waals surface area contributed by atoms with Crippen molar-refractivity contribution in [1.29, 1.82) is 0 Å². The van der Waals surface area contributed by atoms with Crippen LogP contribution in [0.25, 0.3) is 0 Å². The van der Waals surface area contributed by atoms with E-state index in [1.54, 1.807) is 7.11 Å². The van der Waals surface area contributed by atoms with E-state index in [0.717, 1.165) is 0 Å². The van der Waals surface area contributed by atoms with Crippen LogP contribution in [0.4, 0.5) is 0 Å². The Labute approximate surface area is 83.6 Å². The molecule has 4 nitrogen and oxygen atoms in total. The Hall–Kier alpha value is 0.160. The van der Waals surface area contributed by atoms with Crippen molar-refractivity contribution in [1.82, 2.24) is 0 Å². The van der Waals surface area contributed by atoms with Gasteiger partial charge in [-0.15, -0.1) is 0 Å². The van der Waals surface area contributed by atoms with Crippen LogP contribution in [0.15, 0.2) is 0 Å². The molecule has 0 aromatic rings. The van der Waals surface area contributed by atoms with Crippen LogP contribution in [0.5, 0.6) is 0 Å². The minimum absolute atomic E-state index is 0.0959. The Bertz CT molecular complexity index is 235. The van der Waals surface area contributed by atoms with Crippen LogP contribution in [0.3, 0.4) is 0 Å². The van der Waals surface area contributed by atoms with Gasteiger partial charge in [-0.2, -0.15) is 0 Å². The molecule has 6 heteroatoms. The normalized spacial score (nSPS) is 13.2. The molecule has 0 bridgehead atoms. The Morgan fingerprint density at radius 3 is 2.31 bits per heavy atom. The Kier molecular flexibility index (Phi) is 5.21. The number of halogens is 1. The second-order valence-corrected chi connectivity index (χ2v) is 6.16. The highest BCUT2D eigenvalue weighted by molar-refractivity contribution is 8.13. The second kappa shape index (κ2) is 5.14. The van der Waals surface area contributed by atoms with E-state index < -0.39 is 14.7 Å². The Morgan fingerprint density at radius 2 is 1.92 bits per heavy atom. The molecule has 0 heterocycles. The molecule has 0 fully saturated rings. The van der Waals surface area contributed by atoms with Gasteiger partial charge in [0.15, 0.2) is 0 Å². The maximum absolute atomic E-state index is 10.5. The van der Waals surface area contributed by atoms with Crippen molar-refractivity contribution in [2.45, 2.75) is 19.4 Å². The molecule has 0 aromatic heterocycles. The lowest BCUT2D eigenvalue weighted by Gasteiger charge is -2.22. The molecular weight excluding hydrogens is 216 g/mol. The summed E-state index contributed by atoms with van der Waals surface area (Å²) in [5.41, 5.74) is -0.393. The van der Waals surface area contributed by atoms with E-state index in [9.17, 15) is 8.42 Å². The molecule has 0 radical (unpaired) electrons. The third kappa shape index (κ3) is 8.49. The van der Waals surface area contributed by atoms with Gasteiger partial charge in [0, 0.05) is 17.8 Å². The molecule has 0 aliphatic rings. The first-order chi connectivity index (χ1) is 5.77. The van der Waals surface area contributed by atoms with Crippen LogP contribution in [0.1, 0.15) is 13.8 Å². The standard InChI is InChI=1S/C7H15ClO4S/c1-7(2,11-3)6-12-4-5-13(8,9)10/h4-6H2,1-3H3. The van der Waals surface area contributed by atoms with Crippen molar-refractivity contribution < 1.29 is 17.9 Å². The van der Waals surface area contributed by atoms with Crippen LogP contribution in [-0.4, -0.2) is 40.1 Å². The topological polar surface area (TPSA) is 52.6 Å². The fourth-order valence-corrected chi connectivity index (χ4v) is 1.04. The summed E-state index contributed by atoms with van der Waals surface area (Å²) in [5, 5.41) is 0. The van der Waals surface area contributed by atoms with Crippen molar-refractivity contribution in [3.05, 3.63) is 0 Å². The number of hydrogen-bond donors (Lipinski definition) is 0. The van der Waals surface area contributed by atoms with E-state index in [-0.39, 0.29) is 12.4 Å². The number of hydrogen-bond acceptors (Lipinski definition) is 4. The van der Waals surface area contributed by atoms with E-state index in [0.29, 0.717) is 6.61 Å². The molecule has 0 unspecified atom stereocenters. The molecule has 0 aromatic carbocycles. The lowest BCUT2D eigenvalue weighted by atomic mass is 10.1. The van der Waals surface area contributed by atoms with Crippen molar-refractivity contribution in [2.75, 3.05) is 26.1 Å². The van der Waals surface area contributed by atoms with Gasteiger partial charge in [0.2, 0.25) is 9.05 Å². The zero-order valence-corrected chi connectivity index (χ0v) is 9.61. The molecule has 0 N–H and O–H groups in total. The van der Waals surface area contributed by atoms with Gasteiger partial charge >= 0.3 is 0 Å². The summed E-state index contributed by atoms with van der Waals surface area (Å²) in [6.45, 7) is 4.14. The minimum atomic E-state index is -3.44. The highest BCUT2D eigenvalue weighted by atomic mass is 35.7. The van der Waals surface area contributed by atoms with Gasteiger partial charge in [0.05, 0.1) is 24.6 Å². The predicted molar refractivity (Wildman–Crippen MR) is 51.5 cm³/mol. The average molecular weight is 231 g/mol. The van der Waals surface area contributed by atoms with Gasteiger partial charge in [0.25, 0.3) is 0 Å². The van der Waals surface area contributed by atoms with E-state index >= 15 is 0 Å². The molecule has 0 saturated carbocycles. The number of methoxy groups -OCH3 is 1. The maximum atomic E-state index is 10.5. The average Bonchev–Trinajstić information content (AvgIpc) is 1.97. The van der Waals surface area contributed by atoms with E-state index in [1.165, 1.54) is 0 Å². The minimum Gasteiger partial charge on any atom is -0.377 e. The van der Waals surface area contributed by atoms with Gasteiger partial charge in [-0.25, -0.2) is 8.42 Å². The van der Waals surface area contributed by atoms with Gasteiger partial charge < -0.3 is 9.47 Å². The first kappa shape index (κ1) is 13.2. The fraction of sp³-hybridized carbons (Fsp3) is 1.00. The summed E-state index contributed by atoms with van der Waals surface area (Å²) in [7, 11) is 3.11. The molecular formula is C7H15ClO4S. The molecule has 0 rings (SSSR count). The Balaban J connectivity index is 3.58. The molecule has 0 aliphatic heterocycles. The highest BCUT2D eigenvalue weighted by Gasteiger charge is 2.16. The Morgan fingerprint density at radius 1 is 1.38 bits per heavy atom. The lowest BCUT2D eigenvalue weighted by Crippen LogP contribution is -2.30. The largest absolute Gasteiger partial charge is 0.377 e. The molecule has 0 aliphatic carbocycles. The zero-order valence-electron chi connectivity index (χ0n) is 8.04. The summed E-state index contributed by atoms with van der Waals surface area (Å²) in [4.78, 5) is 0. The van der Waals surface area contributed by atoms with E-state index in [2.05, 4.69) is 0 Å². The third-order valence-electron chi connectivity index (χ3n) is 1.47. The SMILES string of the molecule is COC(C)(C)COCCS(=O)(=O)Cl. The van der Waals surface area contributed by atoms with Gasteiger partial charge in [-0.1, -0.05) is 0 Å². The van der Waals surface area contributed by atoms with Crippen molar-refractivity contribution in [3.63, 3.8) is 0 Å². The van der Waals surface area contributed by atoms with Crippen molar-refractivity contribution >= 4 is 19.7 Å². The van der Waals surface area contributed by atoms with E-state index in [1.807, 2.05) is 13.8 Å². The summed E-state index contributed by atoms with van der Waals surface area (Å²) in [6, 6.07) is 0. The molecule has 0 atom stereocenters. The highest BCUT2D eigenvalue weighted by Crippen LogP contribution is 2.07. The molecule has 80 valence electrons.